The van der Waals surface area contributed by atoms with Crippen molar-refractivity contribution in [3.8, 4) is 22.3 Å². The third kappa shape index (κ3) is 1.96. The van der Waals surface area contributed by atoms with Gasteiger partial charge in [-0.1, -0.05) is 72.8 Å². The van der Waals surface area contributed by atoms with E-state index in [9.17, 15) is 0 Å². The zero-order valence-electron chi connectivity index (χ0n) is 10.6. The fourth-order valence-corrected chi connectivity index (χ4v) is 2.56. The Hall–Kier alpha value is -2.34. The van der Waals surface area contributed by atoms with Crippen LogP contribution in [0.1, 0.15) is 11.1 Å². The molecule has 0 N–H and O–H groups in total. The molecule has 0 atom stereocenters. The predicted octanol–water partition coefficient (Wildman–Crippen LogP) is 4.92. The normalized spacial score (nSPS) is 12.0. The molecule has 0 radical (unpaired) electrons. The van der Waals surface area contributed by atoms with Gasteiger partial charge in [0.05, 0.1) is 0 Å². The molecule has 90 valence electrons. The molecule has 0 nitrogen and oxygen atoms in total. The molecule has 0 fully saturated rings. The van der Waals surface area contributed by atoms with Crippen LogP contribution in [0.15, 0.2) is 72.8 Å². The van der Waals surface area contributed by atoms with Crippen LogP contribution in [0.4, 0.5) is 0 Å². The number of benzene rings is 3. The lowest BCUT2D eigenvalue weighted by Crippen LogP contribution is -1.79. The summed E-state index contributed by atoms with van der Waals surface area (Å²) in [6.45, 7) is 0. The third-order valence-corrected chi connectivity index (χ3v) is 3.79. The summed E-state index contributed by atoms with van der Waals surface area (Å²) < 4.78 is 0. The first-order valence-corrected chi connectivity index (χ1v) is 6.68. The van der Waals surface area contributed by atoms with Gasteiger partial charge in [-0.2, -0.15) is 0 Å². The average molecular weight is 242 g/mol. The topological polar surface area (TPSA) is 0 Å². The van der Waals surface area contributed by atoms with Gasteiger partial charge in [0.2, 0.25) is 0 Å². The highest BCUT2D eigenvalue weighted by molar-refractivity contribution is 5.72. The molecule has 0 heteroatoms. The Bertz CT molecular complexity index is 722. The highest BCUT2D eigenvalue weighted by atomic mass is 14.2. The zero-order valence-corrected chi connectivity index (χ0v) is 10.6. The molecule has 0 saturated carbocycles. The lowest BCUT2D eigenvalue weighted by atomic mass is 10.0. The molecule has 0 aliphatic heterocycles. The van der Waals surface area contributed by atoms with Crippen molar-refractivity contribution in [1.29, 1.82) is 0 Å². The van der Waals surface area contributed by atoms with Crippen molar-refractivity contribution in [1.82, 2.24) is 0 Å². The summed E-state index contributed by atoms with van der Waals surface area (Å²) >= 11 is 0. The summed E-state index contributed by atoms with van der Waals surface area (Å²) in [6.07, 6.45) is 1.18. The molecule has 1 aliphatic carbocycles. The highest BCUT2D eigenvalue weighted by Crippen LogP contribution is 2.33. The molecular formula is C19H14. The maximum atomic E-state index is 2.31. The summed E-state index contributed by atoms with van der Waals surface area (Å²) in [7, 11) is 0. The second-order valence-corrected chi connectivity index (χ2v) is 5.10. The van der Waals surface area contributed by atoms with Gasteiger partial charge >= 0.3 is 0 Å². The maximum Gasteiger partial charge on any atom is -0.00198 e. The smallest absolute Gasteiger partial charge is 0.00198 e. The first-order valence-electron chi connectivity index (χ1n) is 6.68. The molecular weight excluding hydrogens is 228 g/mol. The second kappa shape index (κ2) is 4.10. The summed E-state index contributed by atoms with van der Waals surface area (Å²) in [5.41, 5.74) is 8.19. The Morgan fingerprint density at radius 1 is 0.474 bits per heavy atom. The van der Waals surface area contributed by atoms with E-state index in [1.54, 1.807) is 0 Å². The molecule has 3 aromatic rings. The lowest BCUT2D eigenvalue weighted by Gasteiger charge is -2.04. The van der Waals surface area contributed by atoms with E-state index >= 15 is 0 Å². The highest BCUT2D eigenvalue weighted by Gasteiger charge is 2.16. The van der Waals surface area contributed by atoms with E-state index in [-0.39, 0.29) is 0 Å². The van der Waals surface area contributed by atoms with Crippen molar-refractivity contribution in [2.24, 2.45) is 0 Å². The summed E-state index contributed by atoms with van der Waals surface area (Å²) in [5, 5.41) is 0. The molecule has 0 heterocycles. The van der Waals surface area contributed by atoms with Crippen molar-refractivity contribution in [2.75, 3.05) is 0 Å². The van der Waals surface area contributed by atoms with Gasteiger partial charge in [-0.3, -0.25) is 0 Å². The van der Waals surface area contributed by atoms with Crippen LogP contribution in [0.25, 0.3) is 22.3 Å². The quantitative estimate of drug-likeness (QED) is 0.468. The van der Waals surface area contributed by atoms with Gasteiger partial charge in [-0.25, -0.2) is 0 Å². The van der Waals surface area contributed by atoms with Gasteiger partial charge in [-0.15, -0.1) is 0 Å². The fraction of sp³-hybridized carbons (Fsp3) is 0.0526. The van der Waals surface area contributed by atoms with E-state index in [0.717, 1.165) is 0 Å². The zero-order chi connectivity index (χ0) is 12.7. The van der Waals surface area contributed by atoms with Crippen LogP contribution in [0.3, 0.4) is 0 Å². The van der Waals surface area contributed by atoms with Crippen molar-refractivity contribution >= 4 is 0 Å². The molecule has 0 saturated heterocycles. The van der Waals surface area contributed by atoms with Crippen LogP contribution in [0.2, 0.25) is 0 Å². The summed E-state index contributed by atoms with van der Waals surface area (Å²) in [4.78, 5) is 0. The first kappa shape index (κ1) is 10.6. The summed E-state index contributed by atoms with van der Waals surface area (Å²) in [6, 6.07) is 26.1. The largest absolute Gasteiger partial charge is 0.0622 e. The summed E-state index contributed by atoms with van der Waals surface area (Å²) in [5.74, 6) is 0. The van der Waals surface area contributed by atoms with E-state index in [1.807, 2.05) is 0 Å². The molecule has 0 aromatic heterocycles. The molecule has 0 spiro atoms. The average Bonchev–Trinajstić information content (AvgIpc) is 3.27. The number of rotatable bonds is 2. The molecule has 0 unspecified atom stereocenters. The minimum atomic E-state index is 1.18. The van der Waals surface area contributed by atoms with Gasteiger partial charge < -0.3 is 0 Å². The van der Waals surface area contributed by atoms with Gasteiger partial charge in [0, 0.05) is 0 Å². The predicted molar refractivity (Wildman–Crippen MR) is 80.1 cm³/mol. The maximum absolute atomic E-state index is 2.31. The molecule has 4 rings (SSSR count). The Morgan fingerprint density at radius 3 is 1.74 bits per heavy atom. The van der Waals surface area contributed by atoms with Crippen molar-refractivity contribution < 1.29 is 0 Å². The second-order valence-electron chi connectivity index (χ2n) is 5.10. The van der Waals surface area contributed by atoms with E-state index in [4.69, 9.17) is 0 Å². The standard InChI is InChI=1S/C19H14/c1-2-4-14(5-3-1)15-6-8-16(9-7-15)17-10-11-18-13-19(18)12-17/h1-12H,13H2. The minimum Gasteiger partial charge on any atom is -0.0622 e. The Morgan fingerprint density at radius 2 is 1.05 bits per heavy atom. The van der Waals surface area contributed by atoms with Gasteiger partial charge in [0.15, 0.2) is 0 Å². The van der Waals surface area contributed by atoms with E-state index < -0.39 is 0 Å². The van der Waals surface area contributed by atoms with E-state index in [0.29, 0.717) is 0 Å². The van der Waals surface area contributed by atoms with E-state index in [2.05, 4.69) is 72.8 Å². The molecule has 0 bridgehead atoms. The fourth-order valence-electron chi connectivity index (χ4n) is 2.56. The van der Waals surface area contributed by atoms with Gasteiger partial charge in [-0.05, 0) is 39.8 Å². The monoisotopic (exact) mass is 242 g/mol. The molecule has 3 aromatic carbocycles. The minimum absolute atomic E-state index is 1.18. The van der Waals surface area contributed by atoms with Gasteiger partial charge in [0.25, 0.3) is 0 Å². The Labute approximate surface area is 113 Å². The van der Waals surface area contributed by atoms with Gasteiger partial charge in [0.1, 0.15) is 0 Å². The Balaban J connectivity index is 1.70. The van der Waals surface area contributed by atoms with Crippen LogP contribution in [-0.2, 0) is 6.42 Å². The van der Waals surface area contributed by atoms with Crippen molar-refractivity contribution in [2.45, 2.75) is 6.42 Å². The van der Waals surface area contributed by atoms with Crippen LogP contribution in [0, 0.1) is 0 Å². The molecule has 19 heavy (non-hydrogen) atoms. The number of fused-ring (bicyclic) bond motifs is 1. The first-order chi connectivity index (χ1) is 9.40. The molecule has 0 amide bonds. The lowest BCUT2D eigenvalue weighted by molar-refractivity contribution is 1.59. The molecule has 1 aliphatic rings. The van der Waals surface area contributed by atoms with Crippen LogP contribution >= 0.6 is 0 Å². The SMILES string of the molecule is c1ccc(-c2ccc(-c3ccc4c(c3)C4)cc2)cc1. The van der Waals surface area contributed by atoms with Crippen molar-refractivity contribution in [3.63, 3.8) is 0 Å². The van der Waals surface area contributed by atoms with Crippen LogP contribution in [-0.4, -0.2) is 0 Å². The number of hydrogen-bond acceptors (Lipinski definition) is 0. The Kier molecular flexibility index (Phi) is 2.28. The number of hydrogen-bond donors (Lipinski definition) is 0. The van der Waals surface area contributed by atoms with Crippen molar-refractivity contribution in [3.05, 3.63) is 83.9 Å². The van der Waals surface area contributed by atoms with E-state index in [1.165, 1.54) is 39.8 Å². The van der Waals surface area contributed by atoms with Crippen LogP contribution < -0.4 is 0 Å². The van der Waals surface area contributed by atoms with Crippen LogP contribution in [0.5, 0.6) is 0 Å². The third-order valence-electron chi connectivity index (χ3n) is 3.79.